The number of aromatic amines is 1. The van der Waals surface area contributed by atoms with Crippen molar-refractivity contribution in [3.63, 3.8) is 0 Å². The number of hydrogen-bond donors (Lipinski definition) is 2. The van der Waals surface area contributed by atoms with Crippen molar-refractivity contribution in [2.75, 3.05) is 12.9 Å². The van der Waals surface area contributed by atoms with Gasteiger partial charge in [-0.15, -0.1) is 0 Å². The summed E-state index contributed by atoms with van der Waals surface area (Å²) in [6.45, 7) is 7.87. The molecule has 0 amide bonds. The van der Waals surface area contributed by atoms with Crippen LogP contribution < -0.4 is 5.56 Å². The summed E-state index contributed by atoms with van der Waals surface area (Å²) < 4.78 is 22.2. The number of halogens is 1. The Labute approximate surface area is 210 Å². The largest absolute Gasteiger partial charge is 0.406 e. The molecule has 1 atom stereocenters. The fourth-order valence-electron chi connectivity index (χ4n) is 4.25. The van der Waals surface area contributed by atoms with Gasteiger partial charge in [-0.2, -0.15) is 0 Å². The van der Waals surface area contributed by atoms with E-state index < -0.39 is 26.4 Å². The first kappa shape index (κ1) is 27.2. The van der Waals surface area contributed by atoms with E-state index in [4.69, 9.17) is 14.5 Å². The SMILES string of the molecule is CC[Si](CC)(CC)OC(C)(CC/C=C(\F)CO)c1cccc(-n2[nH]c(=O)c3cnc(SC)nc32)n1. The highest BCUT2D eigenvalue weighted by Gasteiger charge is 2.39. The van der Waals surface area contributed by atoms with Crippen LogP contribution in [0.15, 0.2) is 46.2 Å². The normalized spacial score (nSPS) is 14.4. The third-order valence-electron chi connectivity index (χ3n) is 6.62. The number of pyridine rings is 1. The van der Waals surface area contributed by atoms with Crippen molar-refractivity contribution >= 4 is 31.1 Å². The number of nitrogens with one attached hydrogen (secondary N) is 1. The van der Waals surface area contributed by atoms with Gasteiger partial charge in [0.05, 0.1) is 17.9 Å². The Balaban J connectivity index is 2.10. The molecule has 0 spiro atoms. The Hall–Kier alpha value is -2.34. The van der Waals surface area contributed by atoms with Gasteiger partial charge in [0.25, 0.3) is 5.56 Å². The van der Waals surface area contributed by atoms with E-state index in [0.717, 1.165) is 18.1 Å². The minimum Gasteiger partial charge on any atom is -0.406 e. The smallest absolute Gasteiger partial charge is 0.275 e. The van der Waals surface area contributed by atoms with Crippen molar-refractivity contribution in [3.8, 4) is 5.82 Å². The Bertz CT molecular complexity index is 1240. The number of aromatic nitrogens is 5. The number of rotatable bonds is 12. The summed E-state index contributed by atoms with van der Waals surface area (Å²) in [4.78, 5) is 26.1. The van der Waals surface area contributed by atoms with Gasteiger partial charge in [-0.05, 0) is 56.3 Å². The second kappa shape index (κ2) is 11.6. The molecule has 0 bridgehead atoms. The highest BCUT2D eigenvalue weighted by atomic mass is 32.2. The number of nitrogens with zero attached hydrogens (tertiary/aromatic N) is 4. The molecule has 2 N–H and O–H groups in total. The molecule has 11 heteroatoms. The van der Waals surface area contributed by atoms with Crippen LogP contribution in [0.25, 0.3) is 16.9 Å². The molecule has 1 unspecified atom stereocenters. The van der Waals surface area contributed by atoms with Crippen molar-refractivity contribution in [3.05, 3.63) is 52.3 Å². The highest BCUT2D eigenvalue weighted by Crippen LogP contribution is 2.37. The lowest BCUT2D eigenvalue weighted by atomic mass is 9.95. The van der Waals surface area contributed by atoms with Crippen LogP contribution in [0.3, 0.4) is 0 Å². The number of aliphatic hydroxyl groups excluding tert-OH is 1. The van der Waals surface area contributed by atoms with Crippen molar-refractivity contribution in [1.29, 1.82) is 0 Å². The van der Waals surface area contributed by atoms with E-state index >= 15 is 0 Å². The van der Waals surface area contributed by atoms with Gasteiger partial charge in [-0.3, -0.25) is 9.89 Å². The number of hydrogen-bond acceptors (Lipinski definition) is 7. The number of thioether (sulfide) groups is 1. The van der Waals surface area contributed by atoms with Gasteiger partial charge >= 0.3 is 0 Å². The van der Waals surface area contributed by atoms with E-state index in [9.17, 15) is 9.18 Å². The monoisotopic (exact) mass is 519 g/mol. The van der Waals surface area contributed by atoms with Crippen molar-refractivity contribution in [2.24, 2.45) is 0 Å². The van der Waals surface area contributed by atoms with Crippen LogP contribution in [0, 0.1) is 0 Å². The van der Waals surface area contributed by atoms with Crippen LogP contribution in [0.2, 0.25) is 18.1 Å². The molecule has 0 saturated carbocycles. The van der Waals surface area contributed by atoms with Crippen LogP contribution in [0.4, 0.5) is 4.39 Å². The van der Waals surface area contributed by atoms with Crippen molar-refractivity contribution < 1.29 is 13.9 Å². The molecule has 0 aliphatic heterocycles. The lowest BCUT2D eigenvalue weighted by Gasteiger charge is -2.40. The minimum absolute atomic E-state index is 0.294. The van der Waals surface area contributed by atoms with E-state index in [1.807, 2.05) is 25.3 Å². The van der Waals surface area contributed by atoms with Crippen LogP contribution in [-0.4, -0.2) is 51.0 Å². The molecular formula is C24H34FN5O3SSi. The molecule has 0 aliphatic carbocycles. The minimum atomic E-state index is -2.06. The van der Waals surface area contributed by atoms with E-state index in [2.05, 4.69) is 35.8 Å². The highest BCUT2D eigenvalue weighted by molar-refractivity contribution is 7.98. The first-order valence-electron chi connectivity index (χ1n) is 11.9. The lowest BCUT2D eigenvalue weighted by Crippen LogP contribution is -2.44. The third kappa shape index (κ3) is 5.91. The number of allylic oxidation sites excluding steroid dienone is 1. The first-order chi connectivity index (χ1) is 16.7. The molecule has 0 aliphatic rings. The molecule has 8 nitrogen and oxygen atoms in total. The van der Waals surface area contributed by atoms with Gasteiger partial charge in [-0.1, -0.05) is 44.7 Å². The zero-order valence-corrected chi connectivity index (χ0v) is 22.8. The maximum Gasteiger partial charge on any atom is 0.275 e. The summed E-state index contributed by atoms with van der Waals surface area (Å²) in [6, 6.07) is 8.45. The topological polar surface area (TPSA) is 106 Å². The van der Waals surface area contributed by atoms with Crippen LogP contribution in [0.5, 0.6) is 0 Å². The molecule has 3 aromatic rings. The Morgan fingerprint density at radius 2 is 2.00 bits per heavy atom. The van der Waals surface area contributed by atoms with E-state index in [0.29, 0.717) is 40.5 Å². The summed E-state index contributed by atoms with van der Waals surface area (Å²) in [5, 5.41) is 12.8. The van der Waals surface area contributed by atoms with Crippen molar-refractivity contribution in [2.45, 2.75) is 69.4 Å². The Kier molecular flexibility index (Phi) is 9.03. The van der Waals surface area contributed by atoms with Crippen LogP contribution in [-0.2, 0) is 10.0 Å². The summed E-state index contributed by atoms with van der Waals surface area (Å²) in [5.41, 5.74) is 0.0767. The van der Waals surface area contributed by atoms with Gasteiger partial charge in [0, 0.05) is 6.20 Å². The van der Waals surface area contributed by atoms with Gasteiger partial charge in [-0.25, -0.2) is 24.0 Å². The molecule has 3 aromatic heterocycles. The van der Waals surface area contributed by atoms with E-state index in [1.54, 1.807) is 10.7 Å². The van der Waals surface area contributed by atoms with Crippen LogP contribution in [0.1, 0.15) is 46.2 Å². The molecule has 3 heterocycles. The molecule has 0 fully saturated rings. The van der Waals surface area contributed by atoms with Gasteiger partial charge in [0.2, 0.25) is 0 Å². The average molecular weight is 520 g/mol. The van der Waals surface area contributed by atoms with Crippen molar-refractivity contribution in [1.82, 2.24) is 24.7 Å². The second-order valence-electron chi connectivity index (χ2n) is 8.68. The number of fused-ring (bicyclic) bond motifs is 1. The number of H-pyrrole nitrogens is 1. The predicted molar refractivity (Wildman–Crippen MR) is 140 cm³/mol. The summed E-state index contributed by atoms with van der Waals surface area (Å²) >= 11 is 1.39. The molecule has 3 rings (SSSR count). The molecule has 0 aromatic carbocycles. The third-order valence-corrected chi connectivity index (χ3v) is 11.9. The van der Waals surface area contributed by atoms with E-state index in [-0.39, 0.29) is 5.56 Å². The fourth-order valence-corrected chi connectivity index (χ4v) is 7.68. The zero-order chi connectivity index (χ0) is 25.6. The standard InChI is InChI=1S/C24H34FN5O3SSi/c1-6-35(7-2,8-3)33-24(4,14-10-11-17(25)16-31)19-12-9-13-20(27-19)30-21-18(22(32)29-30)15-26-23(28-21)34-5/h9,11-13,15,31H,6-8,10,14,16H2,1-5H3,(H,29,32)/b17-11-. The Morgan fingerprint density at radius 3 is 2.63 bits per heavy atom. The summed E-state index contributed by atoms with van der Waals surface area (Å²) in [5.74, 6) is -0.0521. The Morgan fingerprint density at radius 1 is 1.29 bits per heavy atom. The molecule has 190 valence electrons. The molecular weight excluding hydrogens is 485 g/mol. The van der Waals surface area contributed by atoms with Gasteiger partial charge in [0.15, 0.2) is 24.9 Å². The maximum absolute atomic E-state index is 13.7. The van der Waals surface area contributed by atoms with Gasteiger partial charge < -0.3 is 9.53 Å². The quantitative estimate of drug-likeness (QED) is 0.195. The molecule has 0 saturated heterocycles. The van der Waals surface area contributed by atoms with Gasteiger partial charge in [0.1, 0.15) is 11.2 Å². The maximum atomic E-state index is 13.7. The summed E-state index contributed by atoms with van der Waals surface area (Å²) in [7, 11) is -2.06. The predicted octanol–water partition coefficient (Wildman–Crippen LogP) is 5.09. The average Bonchev–Trinajstić information content (AvgIpc) is 3.22. The molecule has 0 radical (unpaired) electrons. The molecule has 35 heavy (non-hydrogen) atoms. The first-order valence-corrected chi connectivity index (χ1v) is 15.7. The lowest BCUT2D eigenvalue weighted by molar-refractivity contribution is 0.0597. The fraction of sp³-hybridized carbons (Fsp3) is 0.500. The zero-order valence-electron chi connectivity index (χ0n) is 21.0. The number of aliphatic hydroxyl groups is 1. The second-order valence-corrected chi connectivity index (χ2v) is 14.1. The summed E-state index contributed by atoms with van der Waals surface area (Å²) in [6.07, 6.45) is 5.68. The van der Waals surface area contributed by atoms with E-state index in [1.165, 1.54) is 24.0 Å². The van der Waals surface area contributed by atoms with Crippen LogP contribution >= 0.6 is 11.8 Å².